The molecule has 3 atom stereocenters. The number of aromatic carboxylic acids is 1. The molecular weight excluding hydrogens is 374 g/mol. The Morgan fingerprint density at radius 2 is 2.13 bits per heavy atom. The van der Waals surface area contributed by atoms with Gasteiger partial charge in [0.2, 0.25) is 0 Å². The number of rotatable bonds is 3. The van der Waals surface area contributed by atoms with Crippen LogP contribution in [0.4, 0.5) is 0 Å². The van der Waals surface area contributed by atoms with E-state index in [0.29, 0.717) is 11.5 Å². The van der Waals surface area contributed by atoms with Crippen LogP contribution in [-0.2, 0) is 6.42 Å². The van der Waals surface area contributed by atoms with E-state index in [1.165, 1.54) is 5.56 Å². The predicted octanol–water partition coefficient (Wildman–Crippen LogP) is 4.26. The number of fused-ring (bicyclic) bond motifs is 3. The zero-order valence-electron chi connectivity index (χ0n) is 16.9. The van der Waals surface area contributed by atoms with Crippen molar-refractivity contribution in [1.29, 1.82) is 5.26 Å². The summed E-state index contributed by atoms with van der Waals surface area (Å²) in [5.41, 5.74) is 6.62. The molecule has 2 aliphatic carbocycles. The van der Waals surface area contributed by atoms with E-state index in [-0.39, 0.29) is 12.0 Å². The van der Waals surface area contributed by atoms with Crippen LogP contribution in [0.15, 0.2) is 53.7 Å². The molecule has 3 aliphatic rings. The van der Waals surface area contributed by atoms with Gasteiger partial charge >= 0.3 is 5.97 Å². The highest BCUT2D eigenvalue weighted by molar-refractivity contribution is 6.06. The Bertz CT molecular complexity index is 1140. The number of nitriles is 1. The average molecular weight is 397 g/mol. The maximum atomic E-state index is 11.3. The van der Waals surface area contributed by atoms with E-state index in [1.54, 1.807) is 12.1 Å². The third kappa shape index (κ3) is 3.00. The highest BCUT2D eigenvalue weighted by Crippen LogP contribution is 2.39. The molecule has 150 valence electrons. The second-order valence-corrected chi connectivity index (χ2v) is 8.46. The molecule has 0 saturated carbocycles. The van der Waals surface area contributed by atoms with Crippen molar-refractivity contribution in [3.63, 3.8) is 0 Å². The smallest absolute Gasteiger partial charge is 0.335 e. The summed E-state index contributed by atoms with van der Waals surface area (Å²) in [4.78, 5) is 11.3. The second-order valence-electron chi connectivity index (χ2n) is 8.46. The molecule has 0 radical (unpaired) electrons. The van der Waals surface area contributed by atoms with Crippen molar-refractivity contribution in [2.24, 2.45) is 11.0 Å². The molecule has 0 spiro atoms. The Morgan fingerprint density at radius 3 is 2.90 bits per heavy atom. The van der Waals surface area contributed by atoms with Crippen LogP contribution in [0.2, 0.25) is 0 Å². The largest absolute Gasteiger partial charge is 0.478 e. The number of carboxylic acid groups (broad SMARTS) is 1. The van der Waals surface area contributed by atoms with Crippen LogP contribution in [0.3, 0.4) is 0 Å². The first-order valence-electron chi connectivity index (χ1n) is 10.4. The first-order valence-corrected chi connectivity index (χ1v) is 10.4. The van der Waals surface area contributed by atoms with Crippen LogP contribution in [0.5, 0.6) is 0 Å². The molecule has 1 N–H and O–H groups in total. The van der Waals surface area contributed by atoms with Crippen molar-refractivity contribution in [3.8, 4) is 6.07 Å². The third-order valence-electron chi connectivity index (χ3n) is 6.69. The molecule has 0 fully saturated rings. The maximum absolute atomic E-state index is 11.3. The van der Waals surface area contributed by atoms with Gasteiger partial charge < -0.3 is 5.11 Å². The summed E-state index contributed by atoms with van der Waals surface area (Å²) in [6, 6.07) is 14.1. The van der Waals surface area contributed by atoms with Gasteiger partial charge in [-0.3, -0.25) is 5.01 Å². The number of hydrazone groups is 1. The number of nitrogens with zero attached hydrogens (tertiary/aromatic N) is 3. The Morgan fingerprint density at radius 1 is 1.27 bits per heavy atom. The van der Waals surface area contributed by atoms with Crippen LogP contribution in [0.1, 0.15) is 56.9 Å². The Hall–Kier alpha value is -3.39. The van der Waals surface area contributed by atoms with Gasteiger partial charge in [-0.2, -0.15) is 10.4 Å². The molecule has 5 nitrogen and oxygen atoms in total. The molecule has 2 aromatic rings. The van der Waals surface area contributed by atoms with Crippen molar-refractivity contribution >= 4 is 11.7 Å². The van der Waals surface area contributed by atoms with E-state index in [9.17, 15) is 15.2 Å². The number of hydrogen-bond donors (Lipinski definition) is 1. The molecule has 3 unspecified atom stereocenters. The van der Waals surface area contributed by atoms with E-state index in [1.807, 2.05) is 19.1 Å². The standard InChI is InChI=1S/C25H23N3O2/c1-15-11-16(5-7-19(15)13-26)21-3-2-4-23(21)28-14-20-8-6-17-12-18(25(29)30)9-10-22(17)24(20)27-28/h2-3,5,7,9-12,20-21,23H,4,6,8,14H2,1H3,(H,29,30). The van der Waals surface area contributed by atoms with Crippen molar-refractivity contribution in [2.75, 3.05) is 6.54 Å². The summed E-state index contributed by atoms with van der Waals surface area (Å²) < 4.78 is 0. The molecule has 1 aliphatic heterocycles. The van der Waals surface area contributed by atoms with Crippen molar-refractivity contribution in [3.05, 3.63) is 81.9 Å². The van der Waals surface area contributed by atoms with Crippen LogP contribution < -0.4 is 0 Å². The van der Waals surface area contributed by atoms with Crippen LogP contribution in [-0.4, -0.2) is 34.4 Å². The minimum atomic E-state index is -0.882. The molecule has 0 aromatic heterocycles. The summed E-state index contributed by atoms with van der Waals surface area (Å²) in [7, 11) is 0. The van der Waals surface area contributed by atoms with Gasteiger partial charge in [-0.1, -0.05) is 30.4 Å². The zero-order chi connectivity index (χ0) is 20.8. The van der Waals surface area contributed by atoms with E-state index in [2.05, 4.69) is 35.4 Å². The number of carboxylic acids is 1. The molecular formula is C25H23N3O2. The average Bonchev–Trinajstić information content (AvgIpc) is 3.40. The summed E-state index contributed by atoms with van der Waals surface area (Å²) in [5.74, 6) is -0.223. The molecule has 5 heteroatoms. The second kappa shape index (κ2) is 7.14. The predicted molar refractivity (Wildman–Crippen MR) is 115 cm³/mol. The fourth-order valence-corrected chi connectivity index (χ4v) is 5.10. The minimum absolute atomic E-state index is 0.259. The number of hydrogen-bond acceptors (Lipinski definition) is 4. The molecule has 0 amide bonds. The highest BCUT2D eigenvalue weighted by atomic mass is 16.4. The lowest BCUT2D eigenvalue weighted by molar-refractivity contribution is 0.0696. The number of benzene rings is 2. The Balaban J connectivity index is 1.44. The van der Waals surface area contributed by atoms with Crippen LogP contribution >= 0.6 is 0 Å². The molecule has 0 bridgehead atoms. The third-order valence-corrected chi connectivity index (χ3v) is 6.69. The highest BCUT2D eigenvalue weighted by Gasteiger charge is 2.38. The normalized spacial score (nSPS) is 24.2. The lowest BCUT2D eigenvalue weighted by Crippen LogP contribution is -2.33. The van der Waals surface area contributed by atoms with E-state index < -0.39 is 5.97 Å². The minimum Gasteiger partial charge on any atom is -0.478 e. The monoisotopic (exact) mass is 397 g/mol. The van der Waals surface area contributed by atoms with Crippen LogP contribution in [0.25, 0.3) is 0 Å². The fourth-order valence-electron chi connectivity index (χ4n) is 5.10. The Labute approximate surface area is 175 Å². The lowest BCUT2D eigenvalue weighted by atomic mass is 9.82. The van der Waals surface area contributed by atoms with Gasteiger partial charge in [-0.25, -0.2) is 4.79 Å². The molecule has 1 heterocycles. The summed E-state index contributed by atoms with van der Waals surface area (Å²) in [6.45, 7) is 2.90. The van der Waals surface area contributed by atoms with Gasteiger partial charge in [-0.15, -0.1) is 0 Å². The summed E-state index contributed by atoms with van der Waals surface area (Å²) >= 11 is 0. The van der Waals surface area contributed by atoms with Crippen LogP contribution in [0, 0.1) is 24.2 Å². The first-order chi connectivity index (χ1) is 14.5. The topological polar surface area (TPSA) is 76.7 Å². The molecule has 2 aromatic carbocycles. The van der Waals surface area contributed by atoms with Crippen molar-refractivity contribution < 1.29 is 9.90 Å². The molecule has 0 saturated heterocycles. The van der Waals surface area contributed by atoms with Gasteiger partial charge in [-0.05, 0) is 61.1 Å². The van der Waals surface area contributed by atoms with Gasteiger partial charge in [0, 0.05) is 23.9 Å². The zero-order valence-corrected chi connectivity index (χ0v) is 16.9. The van der Waals surface area contributed by atoms with E-state index in [4.69, 9.17) is 5.10 Å². The summed E-state index contributed by atoms with van der Waals surface area (Å²) in [5, 5.41) is 25.8. The maximum Gasteiger partial charge on any atom is 0.335 e. The lowest BCUT2D eigenvalue weighted by Gasteiger charge is -2.29. The van der Waals surface area contributed by atoms with Crippen molar-refractivity contribution in [1.82, 2.24) is 5.01 Å². The van der Waals surface area contributed by atoms with Gasteiger partial charge in [0.15, 0.2) is 0 Å². The fraction of sp³-hybridized carbons (Fsp3) is 0.320. The number of aryl methyl sites for hydroxylation is 2. The van der Waals surface area contributed by atoms with Crippen molar-refractivity contribution in [2.45, 2.75) is 38.1 Å². The molecule has 5 rings (SSSR count). The van der Waals surface area contributed by atoms with E-state index >= 15 is 0 Å². The van der Waals surface area contributed by atoms with E-state index in [0.717, 1.165) is 53.8 Å². The quantitative estimate of drug-likeness (QED) is 0.785. The first kappa shape index (κ1) is 18.6. The Kier molecular flexibility index (Phi) is 4.43. The molecule has 30 heavy (non-hydrogen) atoms. The van der Waals surface area contributed by atoms with Gasteiger partial charge in [0.1, 0.15) is 0 Å². The van der Waals surface area contributed by atoms with Gasteiger partial charge in [0.25, 0.3) is 0 Å². The summed E-state index contributed by atoms with van der Waals surface area (Å²) in [6.07, 6.45) is 7.36. The number of carbonyl (C=O) groups is 1. The van der Waals surface area contributed by atoms with Gasteiger partial charge in [0.05, 0.1) is 28.9 Å². The SMILES string of the molecule is Cc1cc(C2C=CCC2N2CC3CCc4cc(C(=O)O)ccc4C3=N2)ccc1C#N.